The summed E-state index contributed by atoms with van der Waals surface area (Å²) in [4.78, 5) is 14.9. The first-order valence-electron chi connectivity index (χ1n) is 10.5. The van der Waals surface area contributed by atoms with Gasteiger partial charge in [-0.2, -0.15) is 0 Å². The highest BCUT2D eigenvalue weighted by molar-refractivity contribution is 5.94. The molecule has 4 rings (SSSR count). The van der Waals surface area contributed by atoms with E-state index in [9.17, 15) is 13.6 Å². The minimum absolute atomic E-state index is 0.0420. The van der Waals surface area contributed by atoms with E-state index in [2.05, 4.69) is 29.4 Å². The summed E-state index contributed by atoms with van der Waals surface area (Å²) in [6.07, 6.45) is 2.43. The maximum atomic E-state index is 14.0. The fraction of sp³-hybridized carbons (Fsp3) is 0.458. The zero-order valence-corrected chi connectivity index (χ0v) is 18.1. The molecule has 2 aliphatic rings. The number of hydrogen-bond donors (Lipinski definition) is 1. The quantitative estimate of drug-likeness (QED) is 0.785. The molecule has 0 bridgehead atoms. The summed E-state index contributed by atoms with van der Waals surface area (Å²) in [7, 11) is 5.36. The van der Waals surface area contributed by atoms with Crippen LogP contribution in [0.3, 0.4) is 0 Å². The van der Waals surface area contributed by atoms with Gasteiger partial charge in [0.15, 0.2) is 11.5 Å². The Labute approximate surface area is 181 Å². The van der Waals surface area contributed by atoms with Crippen molar-refractivity contribution >= 4 is 5.91 Å². The lowest BCUT2D eigenvalue weighted by molar-refractivity contribution is 0.0900. The van der Waals surface area contributed by atoms with Crippen LogP contribution in [0.15, 0.2) is 36.4 Å². The van der Waals surface area contributed by atoms with Crippen LogP contribution in [0.4, 0.5) is 8.78 Å². The minimum atomic E-state index is -0.713. The molecule has 2 aromatic rings. The summed E-state index contributed by atoms with van der Waals surface area (Å²) in [5.74, 6) is -0.169. The van der Waals surface area contributed by atoms with E-state index in [0.29, 0.717) is 17.4 Å². The molecule has 5 nitrogen and oxygen atoms in total. The van der Waals surface area contributed by atoms with Crippen LogP contribution in [-0.4, -0.2) is 51.2 Å². The van der Waals surface area contributed by atoms with Crippen molar-refractivity contribution in [2.45, 2.75) is 30.7 Å². The number of likely N-dealkylation sites (tertiary alicyclic amines) is 1. The number of carbonyl (C=O) groups excluding carboxylic acids is 1. The van der Waals surface area contributed by atoms with Gasteiger partial charge in [-0.3, -0.25) is 4.79 Å². The maximum absolute atomic E-state index is 14.0. The average molecular weight is 430 g/mol. The molecule has 0 spiro atoms. The minimum Gasteiger partial charge on any atom is -0.493 e. The Kier molecular flexibility index (Phi) is 5.88. The van der Waals surface area contributed by atoms with Crippen LogP contribution in [-0.2, 0) is 5.41 Å². The maximum Gasteiger partial charge on any atom is 0.254 e. The number of likely N-dealkylation sites (N-methyl/N-ethyl adjacent to an activating group) is 1. The second-order valence-corrected chi connectivity index (χ2v) is 8.69. The second kappa shape index (κ2) is 8.46. The topological polar surface area (TPSA) is 50.8 Å². The molecular formula is C24H28F2N2O3. The van der Waals surface area contributed by atoms with E-state index >= 15 is 0 Å². The third-order valence-electron chi connectivity index (χ3n) is 6.84. The number of amides is 1. The Morgan fingerprint density at radius 2 is 1.90 bits per heavy atom. The van der Waals surface area contributed by atoms with Gasteiger partial charge in [-0.15, -0.1) is 0 Å². The van der Waals surface area contributed by atoms with E-state index in [0.717, 1.165) is 50.6 Å². The number of benzene rings is 2. The van der Waals surface area contributed by atoms with Crippen molar-refractivity contribution in [1.29, 1.82) is 0 Å². The van der Waals surface area contributed by atoms with Crippen molar-refractivity contribution in [3.05, 3.63) is 59.2 Å². The molecule has 166 valence electrons. The molecule has 0 unspecified atom stereocenters. The SMILES string of the molecule is COc1ccc([C@@]23CC[C@@H](NC(=O)c4cc(F)ccc4F)C[C@@H]2CN(C)C3)cc1OC. The van der Waals surface area contributed by atoms with E-state index in [1.54, 1.807) is 14.2 Å². The first-order valence-corrected chi connectivity index (χ1v) is 10.5. The number of nitrogens with zero attached hydrogens (tertiary/aromatic N) is 1. The third-order valence-corrected chi connectivity index (χ3v) is 6.84. The summed E-state index contributed by atoms with van der Waals surface area (Å²) in [5.41, 5.74) is 0.917. The first kappa shape index (κ1) is 21.6. The van der Waals surface area contributed by atoms with Gasteiger partial charge in [0.05, 0.1) is 19.8 Å². The molecule has 2 fully saturated rings. The summed E-state index contributed by atoms with van der Waals surface area (Å²) in [5, 5.41) is 2.93. The van der Waals surface area contributed by atoms with Crippen molar-refractivity contribution < 1.29 is 23.0 Å². The predicted octanol–water partition coefficient (Wildman–Crippen LogP) is 3.76. The highest BCUT2D eigenvalue weighted by atomic mass is 19.1. The van der Waals surface area contributed by atoms with Crippen LogP contribution in [0.1, 0.15) is 35.2 Å². The lowest BCUT2D eigenvalue weighted by atomic mass is 9.63. The van der Waals surface area contributed by atoms with Crippen LogP contribution >= 0.6 is 0 Å². The Bertz CT molecular complexity index is 983. The molecule has 3 atom stereocenters. The average Bonchev–Trinajstić information content (AvgIpc) is 3.11. The molecule has 1 heterocycles. The number of ether oxygens (including phenoxy) is 2. The Balaban J connectivity index is 1.55. The molecule has 1 aliphatic heterocycles. The van der Waals surface area contributed by atoms with Crippen LogP contribution < -0.4 is 14.8 Å². The molecule has 1 saturated carbocycles. The summed E-state index contributed by atoms with van der Waals surface area (Å²) in [6.45, 7) is 1.83. The molecule has 1 N–H and O–H groups in total. The van der Waals surface area contributed by atoms with Gasteiger partial charge in [0.25, 0.3) is 5.91 Å². The van der Waals surface area contributed by atoms with Crippen molar-refractivity contribution in [2.75, 3.05) is 34.4 Å². The largest absolute Gasteiger partial charge is 0.493 e. The Morgan fingerprint density at radius 1 is 1.13 bits per heavy atom. The van der Waals surface area contributed by atoms with E-state index in [-0.39, 0.29) is 17.0 Å². The van der Waals surface area contributed by atoms with Crippen molar-refractivity contribution in [3.63, 3.8) is 0 Å². The monoisotopic (exact) mass is 430 g/mol. The molecule has 0 radical (unpaired) electrons. The normalized spacial score (nSPS) is 25.7. The zero-order valence-electron chi connectivity index (χ0n) is 18.1. The number of halogens is 2. The van der Waals surface area contributed by atoms with Crippen LogP contribution in [0.5, 0.6) is 11.5 Å². The Hall–Kier alpha value is -2.67. The highest BCUT2D eigenvalue weighted by Crippen LogP contribution is 2.49. The van der Waals surface area contributed by atoms with Crippen LogP contribution in [0.25, 0.3) is 0 Å². The number of carbonyl (C=O) groups is 1. The van der Waals surface area contributed by atoms with E-state index < -0.39 is 17.5 Å². The Morgan fingerprint density at radius 3 is 2.65 bits per heavy atom. The van der Waals surface area contributed by atoms with Crippen LogP contribution in [0.2, 0.25) is 0 Å². The number of hydrogen-bond acceptors (Lipinski definition) is 4. The highest BCUT2D eigenvalue weighted by Gasteiger charge is 2.50. The molecule has 1 saturated heterocycles. The van der Waals surface area contributed by atoms with Crippen molar-refractivity contribution in [3.8, 4) is 11.5 Å². The fourth-order valence-electron chi connectivity index (χ4n) is 5.39. The lowest BCUT2D eigenvalue weighted by Gasteiger charge is -2.43. The molecule has 31 heavy (non-hydrogen) atoms. The number of methoxy groups -OCH3 is 2. The van der Waals surface area contributed by atoms with E-state index in [4.69, 9.17) is 9.47 Å². The van der Waals surface area contributed by atoms with E-state index in [1.807, 2.05) is 6.07 Å². The molecule has 0 aromatic heterocycles. The summed E-state index contributed by atoms with van der Waals surface area (Å²) >= 11 is 0. The molecule has 1 amide bonds. The van der Waals surface area contributed by atoms with Crippen molar-refractivity contribution in [1.82, 2.24) is 10.2 Å². The number of nitrogens with one attached hydrogen (secondary N) is 1. The molecular weight excluding hydrogens is 402 g/mol. The van der Waals surface area contributed by atoms with Crippen LogP contribution in [0, 0.1) is 17.6 Å². The van der Waals surface area contributed by atoms with E-state index in [1.165, 1.54) is 5.56 Å². The molecule has 1 aliphatic carbocycles. The predicted molar refractivity (Wildman–Crippen MR) is 114 cm³/mol. The standard InChI is InChI=1S/C24H28F2N2O3/c1-28-13-16-10-18(27-23(29)19-12-17(25)5-6-20(19)26)8-9-24(16,14-28)15-4-7-21(30-2)22(11-15)31-3/h4-7,11-12,16,18H,8-10,13-14H2,1-3H3,(H,27,29)/t16-,18-,24+/m1/s1. The molecule has 2 aromatic carbocycles. The summed E-state index contributed by atoms with van der Waals surface area (Å²) in [6, 6.07) is 8.97. The van der Waals surface area contributed by atoms with Gasteiger partial charge in [-0.25, -0.2) is 8.78 Å². The van der Waals surface area contributed by atoms with Gasteiger partial charge in [0.1, 0.15) is 11.6 Å². The zero-order chi connectivity index (χ0) is 22.2. The van der Waals surface area contributed by atoms with Gasteiger partial charge in [-0.1, -0.05) is 6.07 Å². The third kappa shape index (κ3) is 3.99. The second-order valence-electron chi connectivity index (χ2n) is 8.69. The lowest BCUT2D eigenvalue weighted by Crippen LogP contribution is -2.47. The van der Waals surface area contributed by atoms with Gasteiger partial charge in [0.2, 0.25) is 0 Å². The fourth-order valence-corrected chi connectivity index (χ4v) is 5.39. The summed E-state index contributed by atoms with van der Waals surface area (Å²) < 4.78 is 38.4. The van der Waals surface area contributed by atoms with Gasteiger partial charge < -0.3 is 19.7 Å². The van der Waals surface area contributed by atoms with Gasteiger partial charge in [-0.05, 0) is 68.1 Å². The first-order chi connectivity index (χ1) is 14.9. The number of rotatable bonds is 5. The van der Waals surface area contributed by atoms with Gasteiger partial charge in [0, 0.05) is 24.5 Å². The van der Waals surface area contributed by atoms with Gasteiger partial charge >= 0.3 is 0 Å². The number of fused-ring (bicyclic) bond motifs is 1. The van der Waals surface area contributed by atoms with Crippen molar-refractivity contribution in [2.24, 2.45) is 5.92 Å². The molecule has 7 heteroatoms. The smallest absolute Gasteiger partial charge is 0.254 e.